The highest BCUT2D eigenvalue weighted by Gasteiger charge is 2.34. The van der Waals surface area contributed by atoms with Crippen molar-refractivity contribution in [2.24, 2.45) is 0 Å². The van der Waals surface area contributed by atoms with Gasteiger partial charge in [-0.1, -0.05) is 20.3 Å². The number of carbonyl (C=O) groups excluding carboxylic acids is 2. The number of ether oxygens (including phenoxy) is 2. The molecule has 0 saturated carbocycles. The van der Waals surface area contributed by atoms with Crippen molar-refractivity contribution in [2.45, 2.75) is 52.6 Å². The van der Waals surface area contributed by atoms with Crippen LogP contribution in [0.3, 0.4) is 0 Å². The lowest BCUT2D eigenvalue weighted by Crippen LogP contribution is -2.19. The van der Waals surface area contributed by atoms with Crippen molar-refractivity contribution in [1.29, 1.82) is 0 Å². The fourth-order valence-corrected chi connectivity index (χ4v) is 1.52. The highest BCUT2D eigenvalue weighted by atomic mass is 16.6. The number of ketones is 1. The second-order valence-electron chi connectivity index (χ2n) is 3.84. The topological polar surface area (TPSA) is 52.6 Å². The Kier molecular flexibility index (Phi) is 4.52. The first-order valence-corrected chi connectivity index (χ1v) is 5.72. The summed E-state index contributed by atoms with van der Waals surface area (Å²) in [5.41, 5.74) is 0. The van der Waals surface area contributed by atoms with E-state index in [0.717, 1.165) is 12.8 Å². The van der Waals surface area contributed by atoms with Crippen molar-refractivity contribution < 1.29 is 19.1 Å². The van der Waals surface area contributed by atoms with Crippen molar-refractivity contribution >= 4 is 11.8 Å². The largest absolute Gasteiger partial charge is 0.483 e. The zero-order chi connectivity index (χ0) is 12.1. The maximum Gasteiger partial charge on any atom is 0.311 e. The van der Waals surface area contributed by atoms with Crippen molar-refractivity contribution in [1.82, 2.24) is 0 Å². The van der Waals surface area contributed by atoms with Crippen molar-refractivity contribution in [2.75, 3.05) is 0 Å². The van der Waals surface area contributed by atoms with Crippen molar-refractivity contribution in [3.8, 4) is 0 Å². The fraction of sp³-hybridized carbons (Fsp3) is 0.667. The molecule has 1 aliphatic rings. The van der Waals surface area contributed by atoms with Crippen molar-refractivity contribution in [3.05, 3.63) is 11.5 Å². The van der Waals surface area contributed by atoms with E-state index >= 15 is 0 Å². The minimum Gasteiger partial charge on any atom is -0.483 e. The number of Topliss-reactive ketones (excluding diaryl/α,β-unsaturated/α-hetero) is 1. The third-order valence-corrected chi connectivity index (χ3v) is 2.48. The van der Waals surface area contributed by atoms with Gasteiger partial charge in [-0.2, -0.15) is 0 Å². The molecule has 4 heteroatoms. The molecule has 0 bridgehead atoms. The number of hydrogen-bond donors (Lipinski definition) is 0. The Hall–Kier alpha value is -1.32. The van der Waals surface area contributed by atoms with Gasteiger partial charge in [-0.3, -0.25) is 9.59 Å². The third kappa shape index (κ3) is 2.84. The van der Waals surface area contributed by atoms with E-state index in [1.807, 2.05) is 13.8 Å². The maximum atomic E-state index is 11.7. The molecule has 0 amide bonds. The second kappa shape index (κ2) is 5.68. The number of allylic oxidation sites excluding steroid dienone is 1. The summed E-state index contributed by atoms with van der Waals surface area (Å²) >= 11 is 0. The highest BCUT2D eigenvalue weighted by Crippen LogP contribution is 2.24. The Morgan fingerprint density at radius 3 is 2.62 bits per heavy atom. The smallest absolute Gasteiger partial charge is 0.311 e. The van der Waals surface area contributed by atoms with Crippen LogP contribution in [0.15, 0.2) is 11.5 Å². The van der Waals surface area contributed by atoms with Gasteiger partial charge in [0.1, 0.15) is 5.76 Å². The van der Waals surface area contributed by atoms with Gasteiger partial charge in [0.25, 0.3) is 0 Å². The van der Waals surface area contributed by atoms with E-state index in [0.29, 0.717) is 18.6 Å². The minimum atomic E-state index is -0.478. The van der Waals surface area contributed by atoms with Crippen LogP contribution in [0.4, 0.5) is 0 Å². The maximum absolute atomic E-state index is 11.7. The van der Waals surface area contributed by atoms with Crippen LogP contribution in [0.1, 0.15) is 46.5 Å². The molecule has 1 unspecified atom stereocenters. The lowest BCUT2D eigenvalue weighted by atomic mass is 10.2. The Balaban J connectivity index is 2.57. The van der Waals surface area contributed by atoms with Gasteiger partial charge in [-0.25, -0.2) is 0 Å². The molecule has 0 fully saturated rings. The van der Waals surface area contributed by atoms with Crippen LogP contribution in [-0.2, 0) is 19.1 Å². The van der Waals surface area contributed by atoms with Crippen LogP contribution in [0, 0.1) is 0 Å². The summed E-state index contributed by atoms with van der Waals surface area (Å²) in [6.45, 7) is 5.50. The van der Waals surface area contributed by atoms with E-state index in [1.54, 1.807) is 6.92 Å². The van der Waals surface area contributed by atoms with E-state index in [4.69, 9.17) is 9.47 Å². The summed E-state index contributed by atoms with van der Waals surface area (Å²) in [5, 5.41) is 0. The summed E-state index contributed by atoms with van der Waals surface area (Å²) in [7, 11) is 0. The average Bonchev–Trinajstić information content (AvgIpc) is 2.53. The van der Waals surface area contributed by atoms with Crippen LogP contribution in [-0.4, -0.2) is 17.9 Å². The molecule has 16 heavy (non-hydrogen) atoms. The number of unbranched alkanes of at least 4 members (excludes halogenated alkanes) is 1. The monoisotopic (exact) mass is 226 g/mol. The first kappa shape index (κ1) is 12.7. The molecule has 1 aliphatic heterocycles. The van der Waals surface area contributed by atoms with E-state index in [1.165, 1.54) is 0 Å². The van der Waals surface area contributed by atoms with E-state index in [2.05, 4.69) is 0 Å². The first-order valence-electron chi connectivity index (χ1n) is 5.72. The summed E-state index contributed by atoms with van der Waals surface area (Å²) in [4.78, 5) is 23.1. The molecular formula is C12H18O4. The lowest BCUT2D eigenvalue weighted by molar-refractivity contribution is -0.142. The van der Waals surface area contributed by atoms with Gasteiger partial charge in [0.2, 0.25) is 11.5 Å². The fourth-order valence-electron chi connectivity index (χ4n) is 1.52. The van der Waals surface area contributed by atoms with Crippen LogP contribution in [0.25, 0.3) is 0 Å². The van der Waals surface area contributed by atoms with Gasteiger partial charge in [-0.15, -0.1) is 0 Å². The van der Waals surface area contributed by atoms with E-state index in [-0.39, 0.29) is 17.5 Å². The predicted octanol–water partition coefficient (Wildman–Crippen LogP) is 2.33. The SMILES string of the molecule is CCCCC(=O)OC1=C(C)OC(CC)C1=O. The summed E-state index contributed by atoms with van der Waals surface area (Å²) in [5.74, 6) is -0.0654. The summed E-state index contributed by atoms with van der Waals surface area (Å²) in [6, 6.07) is 0. The Labute approximate surface area is 95.6 Å². The summed E-state index contributed by atoms with van der Waals surface area (Å²) in [6.07, 6.45) is 2.16. The summed E-state index contributed by atoms with van der Waals surface area (Å²) < 4.78 is 10.3. The number of rotatable bonds is 5. The Bertz CT molecular complexity index is 317. The normalized spacial score (nSPS) is 19.9. The van der Waals surface area contributed by atoms with E-state index in [9.17, 15) is 9.59 Å². The van der Waals surface area contributed by atoms with Gasteiger partial charge >= 0.3 is 5.97 Å². The third-order valence-electron chi connectivity index (χ3n) is 2.48. The van der Waals surface area contributed by atoms with Gasteiger partial charge in [0.05, 0.1) is 0 Å². The lowest BCUT2D eigenvalue weighted by Gasteiger charge is -2.05. The van der Waals surface area contributed by atoms with Crippen LogP contribution >= 0.6 is 0 Å². The Morgan fingerprint density at radius 2 is 2.12 bits per heavy atom. The van der Waals surface area contributed by atoms with E-state index < -0.39 is 6.10 Å². The molecule has 1 atom stereocenters. The zero-order valence-corrected chi connectivity index (χ0v) is 10.0. The molecule has 0 aromatic heterocycles. The molecule has 0 saturated heterocycles. The number of hydrogen-bond acceptors (Lipinski definition) is 4. The molecule has 0 spiro atoms. The molecule has 1 heterocycles. The zero-order valence-electron chi connectivity index (χ0n) is 10.0. The molecule has 0 radical (unpaired) electrons. The van der Waals surface area contributed by atoms with Crippen LogP contribution in [0.5, 0.6) is 0 Å². The molecule has 4 nitrogen and oxygen atoms in total. The predicted molar refractivity (Wildman–Crippen MR) is 58.5 cm³/mol. The second-order valence-corrected chi connectivity index (χ2v) is 3.84. The molecular weight excluding hydrogens is 208 g/mol. The van der Waals surface area contributed by atoms with Crippen molar-refractivity contribution in [3.63, 3.8) is 0 Å². The van der Waals surface area contributed by atoms with Gasteiger partial charge in [0, 0.05) is 6.42 Å². The van der Waals surface area contributed by atoms with Gasteiger partial charge in [0.15, 0.2) is 6.10 Å². The van der Waals surface area contributed by atoms with Crippen LogP contribution in [0.2, 0.25) is 0 Å². The molecule has 0 aliphatic carbocycles. The van der Waals surface area contributed by atoms with Crippen LogP contribution < -0.4 is 0 Å². The molecule has 0 aromatic carbocycles. The molecule has 0 aromatic rings. The quantitative estimate of drug-likeness (QED) is 0.675. The standard InChI is InChI=1S/C12H18O4/c1-4-6-7-10(13)16-12-8(3)15-9(5-2)11(12)14/h9H,4-7H2,1-3H3. The molecule has 1 rings (SSSR count). The minimum absolute atomic E-state index is 0.0907. The highest BCUT2D eigenvalue weighted by molar-refractivity contribution is 6.01. The molecule has 90 valence electrons. The molecule has 0 N–H and O–H groups in total. The van der Waals surface area contributed by atoms with Gasteiger partial charge < -0.3 is 9.47 Å². The number of esters is 1. The first-order chi connectivity index (χ1) is 7.60. The number of carbonyl (C=O) groups is 2. The average molecular weight is 226 g/mol. The Morgan fingerprint density at radius 1 is 1.44 bits per heavy atom. The van der Waals surface area contributed by atoms with Gasteiger partial charge in [-0.05, 0) is 19.8 Å².